The molecule has 0 bridgehead atoms. The van der Waals surface area contributed by atoms with E-state index in [1.165, 1.54) is 31.8 Å². The van der Waals surface area contributed by atoms with Gasteiger partial charge in [0.2, 0.25) is 0 Å². The molecule has 0 spiro atoms. The molecule has 11 nitrogen and oxygen atoms in total. The summed E-state index contributed by atoms with van der Waals surface area (Å²) < 4.78 is 70.9. The Morgan fingerprint density at radius 1 is 1.07 bits per heavy atom. The molecule has 6 rings (SSSR count). The summed E-state index contributed by atoms with van der Waals surface area (Å²) in [5.41, 5.74) is 0.751. The molecular formula is C26H23F2N7O4S. The largest absolute Gasteiger partial charge is 0.468 e. The van der Waals surface area contributed by atoms with Crippen LogP contribution in [0, 0.1) is 18.6 Å². The molecule has 1 unspecified atom stereocenters. The van der Waals surface area contributed by atoms with E-state index in [0.29, 0.717) is 29.0 Å². The first-order chi connectivity index (χ1) is 19.3. The fourth-order valence-electron chi connectivity index (χ4n) is 4.62. The number of fused-ring (bicyclic) bond motifs is 1. The van der Waals surface area contributed by atoms with Crippen LogP contribution in [-0.2, 0) is 14.8 Å². The van der Waals surface area contributed by atoms with Gasteiger partial charge in [-0.2, -0.15) is 0 Å². The van der Waals surface area contributed by atoms with Crippen molar-refractivity contribution < 1.29 is 26.4 Å². The molecule has 40 heavy (non-hydrogen) atoms. The van der Waals surface area contributed by atoms with Gasteiger partial charge >= 0.3 is 0 Å². The Morgan fingerprint density at radius 2 is 1.95 bits per heavy atom. The number of nitrogens with zero attached hydrogens (tertiary/aromatic N) is 5. The van der Waals surface area contributed by atoms with E-state index in [0.717, 1.165) is 31.4 Å². The van der Waals surface area contributed by atoms with Crippen LogP contribution in [0.2, 0.25) is 0 Å². The molecule has 1 aliphatic heterocycles. The van der Waals surface area contributed by atoms with E-state index >= 15 is 4.39 Å². The molecule has 206 valence electrons. The highest BCUT2D eigenvalue weighted by atomic mass is 32.2. The molecule has 14 heteroatoms. The summed E-state index contributed by atoms with van der Waals surface area (Å²) in [7, 11) is -4.20. The molecule has 4 aromatic heterocycles. The number of hydrogen-bond acceptors (Lipinski definition) is 9. The van der Waals surface area contributed by atoms with E-state index in [4.69, 9.17) is 9.15 Å². The lowest BCUT2D eigenvalue weighted by Gasteiger charge is -2.23. The maximum absolute atomic E-state index is 15.6. The van der Waals surface area contributed by atoms with Gasteiger partial charge in [0.1, 0.15) is 51.7 Å². The highest BCUT2D eigenvalue weighted by molar-refractivity contribution is 7.92. The predicted molar refractivity (Wildman–Crippen MR) is 141 cm³/mol. The zero-order valence-electron chi connectivity index (χ0n) is 21.1. The van der Waals surface area contributed by atoms with Crippen molar-refractivity contribution in [3.8, 4) is 11.3 Å². The number of benzene rings is 1. The van der Waals surface area contributed by atoms with Gasteiger partial charge in [0.05, 0.1) is 18.3 Å². The van der Waals surface area contributed by atoms with E-state index in [9.17, 15) is 12.8 Å². The number of aromatic nitrogens is 5. The van der Waals surface area contributed by atoms with E-state index in [1.54, 1.807) is 18.5 Å². The summed E-state index contributed by atoms with van der Waals surface area (Å²) in [6, 6.07) is 6.51. The maximum atomic E-state index is 15.6. The van der Waals surface area contributed by atoms with Gasteiger partial charge in [-0.15, -0.1) is 0 Å². The fraction of sp³-hybridized carbons (Fsp3) is 0.231. The molecular weight excluding hydrogens is 544 g/mol. The summed E-state index contributed by atoms with van der Waals surface area (Å²) in [5, 5.41) is 2.68. The number of ether oxygens (including phenoxy) is 1. The Balaban J connectivity index is 1.37. The second-order valence-electron chi connectivity index (χ2n) is 9.12. The number of halogens is 2. The molecule has 1 fully saturated rings. The number of rotatable bonds is 7. The standard InChI is InChI=1S/C26H23F2N7O4S/c1-15-19(9-12-38-15)40(36,37)34-18-8-7-17(27)23(21(18)28)33-25-16(5-4-10-29-25)22-24-26(31-13-30-22)35(14-32-24)20-6-2-3-11-39-20/h4-5,7-10,12-14,20,34H,2-3,6,11H2,1H3,(H,29,33). The molecule has 5 heterocycles. The van der Waals surface area contributed by atoms with Gasteiger partial charge < -0.3 is 14.5 Å². The topological polar surface area (TPSA) is 137 Å². The second kappa shape index (κ2) is 10.3. The first kappa shape index (κ1) is 25.8. The SMILES string of the molecule is Cc1occc1S(=O)(=O)Nc1ccc(F)c(Nc2ncccc2-c2ncnc3c2ncn3C2CCCCO2)c1F. The molecule has 5 aromatic rings. The van der Waals surface area contributed by atoms with Gasteiger partial charge in [-0.1, -0.05) is 0 Å². The summed E-state index contributed by atoms with van der Waals surface area (Å²) >= 11 is 0. The Kier molecular flexibility index (Phi) is 6.64. The summed E-state index contributed by atoms with van der Waals surface area (Å²) in [6.45, 7) is 2.10. The van der Waals surface area contributed by atoms with Crippen LogP contribution in [0.15, 0.2) is 64.8 Å². The van der Waals surface area contributed by atoms with Crippen LogP contribution in [0.3, 0.4) is 0 Å². The summed E-state index contributed by atoms with van der Waals surface area (Å²) in [4.78, 5) is 17.4. The number of hydrogen-bond donors (Lipinski definition) is 2. The van der Waals surface area contributed by atoms with Crippen LogP contribution >= 0.6 is 0 Å². The molecule has 1 aliphatic rings. The second-order valence-corrected chi connectivity index (χ2v) is 10.8. The molecule has 0 aliphatic carbocycles. The van der Waals surface area contributed by atoms with Crippen LogP contribution in [0.5, 0.6) is 0 Å². The van der Waals surface area contributed by atoms with Gasteiger partial charge in [0.15, 0.2) is 11.5 Å². The monoisotopic (exact) mass is 567 g/mol. The Labute approximate surface area is 227 Å². The quantitative estimate of drug-likeness (QED) is 0.268. The minimum Gasteiger partial charge on any atom is -0.468 e. The first-order valence-corrected chi connectivity index (χ1v) is 13.9. The first-order valence-electron chi connectivity index (χ1n) is 12.4. The van der Waals surface area contributed by atoms with E-state index in [2.05, 4.69) is 30.0 Å². The average Bonchev–Trinajstić information content (AvgIpc) is 3.60. The van der Waals surface area contributed by atoms with Gasteiger partial charge in [-0.25, -0.2) is 37.1 Å². The molecule has 1 saturated heterocycles. The van der Waals surface area contributed by atoms with Crippen molar-refractivity contribution in [3.63, 3.8) is 0 Å². The third-order valence-electron chi connectivity index (χ3n) is 6.57. The van der Waals surface area contributed by atoms with Gasteiger partial charge in [-0.05, 0) is 56.5 Å². The lowest BCUT2D eigenvalue weighted by Crippen LogP contribution is -2.17. The lowest BCUT2D eigenvalue weighted by molar-refractivity contribution is -0.0298. The van der Waals surface area contributed by atoms with Crippen molar-refractivity contribution in [2.75, 3.05) is 16.6 Å². The zero-order chi connectivity index (χ0) is 27.9. The third kappa shape index (κ3) is 4.64. The minimum absolute atomic E-state index is 0.0782. The molecule has 0 radical (unpaired) electrons. The van der Waals surface area contributed by atoms with Crippen molar-refractivity contribution in [1.82, 2.24) is 24.5 Å². The molecule has 1 aromatic carbocycles. The highest BCUT2D eigenvalue weighted by Gasteiger charge is 2.25. The molecule has 0 amide bonds. The number of sulfonamides is 1. The number of nitrogens with one attached hydrogen (secondary N) is 2. The van der Waals surface area contributed by atoms with Crippen LogP contribution in [0.25, 0.3) is 22.4 Å². The van der Waals surface area contributed by atoms with Crippen molar-refractivity contribution >= 4 is 38.4 Å². The predicted octanol–water partition coefficient (Wildman–Crippen LogP) is 5.31. The minimum atomic E-state index is -4.20. The lowest BCUT2D eigenvalue weighted by atomic mass is 10.1. The van der Waals surface area contributed by atoms with Crippen LogP contribution in [0.4, 0.5) is 26.0 Å². The van der Waals surface area contributed by atoms with Gasteiger partial charge in [-0.3, -0.25) is 9.29 Å². The highest BCUT2D eigenvalue weighted by Crippen LogP contribution is 2.35. The van der Waals surface area contributed by atoms with Gasteiger partial charge in [0, 0.05) is 18.4 Å². The van der Waals surface area contributed by atoms with Crippen LogP contribution in [-0.4, -0.2) is 39.5 Å². The van der Waals surface area contributed by atoms with E-state index in [-0.39, 0.29) is 22.7 Å². The van der Waals surface area contributed by atoms with Crippen molar-refractivity contribution in [2.24, 2.45) is 0 Å². The Bertz CT molecular complexity index is 1820. The van der Waals surface area contributed by atoms with E-state index in [1.807, 2.05) is 4.57 Å². The molecule has 2 N–H and O–H groups in total. The van der Waals surface area contributed by atoms with Gasteiger partial charge in [0.25, 0.3) is 10.0 Å². The van der Waals surface area contributed by atoms with E-state index < -0.39 is 33.0 Å². The zero-order valence-corrected chi connectivity index (χ0v) is 22.0. The average molecular weight is 568 g/mol. The normalized spacial score (nSPS) is 15.8. The Hall–Kier alpha value is -4.43. The van der Waals surface area contributed by atoms with Crippen LogP contribution < -0.4 is 10.0 Å². The smallest absolute Gasteiger partial charge is 0.265 e. The number of pyridine rings is 1. The number of aryl methyl sites for hydroxylation is 1. The van der Waals surface area contributed by atoms with Crippen molar-refractivity contribution in [1.29, 1.82) is 0 Å². The fourth-order valence-corrected chi connectivity index (χ4v) is 5.83. The number of furan rings is 1. The summed E-state index contributed by atoms with van der Waals surface area (Å²) in [5.74, 6) is -1.91. The summed E-state index contributed by atoms with van der Waals surface area (Å²) in [6.07, 6.45) is 8.30. The Morgan fingerprint density at radius 3 is 2.73 bits per heavy atom. The van der Waals surface area contributed by atoms with Crippen molar-refractivity contribution in [2.45, 2.75) is 37.3 Å². The maximum Gasteiger partial charge on any atom is 0.265 e. The molecule has 0 saturated carbocycles. The number of anilines is 3. The number of imidazole rings is 1. The van der Waals surface area contributed by atoms with Crippen molar-refractivity contribution in [3.05, 3.63) is 72.8 Å². The third-order valence-corrected chi connectivity index (χ3v) is 8.06. The van der Waals surface area contributed by atoms with Crippen LogP contribution in [0.1, 0.15) is 31.3 Å². The molecule has 1 atom stereocenters.